The SMILES string of the molecule is CC1=C(C)C(C)C(c2ccc([Si](C)(C)C)cc2P(c2ccccc2)c2ccccc2)=C1C. The Morgan fingerprint density at radius 2 is 1.22 bits per heavy atom. The van der Waals surface area contributed by atoms with E-state index in [2.05, 4.69) is 126 Å². The maximum Gasteiger partial charge on any atom is 0.0776 e. The minimum atomic E-state index is -1.45. The highest BCUT2D eigenvalue weighted by atomic mass is 31.1. The fourth-order valence-corrected chi connectivity index (χ4v) is 8.57. The average Bonchev–Trinajstić information content (AvgIpc) is 2.97. The second-order valence-corrected chi connectivity index (χ2v) is 17.3. The van der Waals surface area contributed by atoms with E-state index in [-0.39, 0.29) is 0 Å². The van der Waals surface area contributed by atoms with Crippen LogP contribution in [0.15, 0.2) is 95.6 Å². The highest BCUT2D eigenvalue weighted by Crippen LogP contribution is 2.44. The van der Waals surface area contributed by atoms with Crippen molar-refractivity contribution < 1.29 is 0 Å². The molecule has 0 radical (unpaired) electrons. The predicted octanol–water partition coefficient (Wildman–Crippen LogP) is 6.75. The molecule has 1 unspecified atom stereocenters. The summed E-state index contributed by atoms with van der Waals surface area (Å²) in [7, 11) is -2.10. The quantitative estimate of drug-likeness (QED) is 0.295. The van der Waals surface area contributed by atoms with Crippen molar-refractivity contribution in [2.24, 2.45) is 5.92 Å². The Bertz CT molecular complexity index is 1140. The van der Waals surface area contributed by atoms with Gasteiger partial charge in [0.1, 0.15) is 0 Å². The molecule has 3 aromatic carbocycles. The molecule has 0 bridgehead atoms. The van der Waals surface area contributed by atoms with Crippen molar-refractivity contribution in [3.63, 3.8) is 0 Å². The summed E-state index contributed by atoms with van der Waals surface area (Å²) >= 11 is 0. The molecular formula is C30H35PSi. The molecule has 0 fully saturated rings. The molecule has 0 heterocycles. The fraction of sp³-hybridized carbons (Fsp3) is 0.267. The summed E-state index contributed by atoms with van der Waals surface area (Å²) in [5, 5.41) is 5.91. The van der Waals surface area contributed by atoms with Gasteiger partial charge in [0.05, 0.1) is 8.07 Å². The third-order valence-corrected chi connectivity index (χ3v) is 11.6. The number of allylic oxidation sites excluding steroid dienone is 4. The molecule has 0 N–H and O–H groups in total. The van der Waals surface area contributed by atoms with Crippen LogP contribution in [-0.4, -0.2) is 8.07 Å². The Kier molecular flexibility index (Phi) is 6.43. The predicted molar refractivity (Wildman–Crippen MR) is 148 cm³/mol. The molecule has 1 aliphatic rings. The minimum Gasteiger partial charge on any atom is -0.0656 e. The van der Waals surface area contributed by atoms with Gasteiger partial charge in [0.25, 0.3) is 0 Å². The van der Waals surface area contributed by atoms with Crippen LogP contribution in [0.3, 0.4) is 0 Å². The molecule has 1 aliphatic carbocycles. The van der Waals surface area contributed by atoms with Gasteiger partial charge in [-0.25, -0.2) is 0 Å². The Hall–Kier alpha value is -2.21. The van der Waals surface area contributed by atoms with Gasteiger partial charge in [-0.05, 0) is 66.9 Å². The van der Waals surface area contributed by atoms with Gasteiger partial charge >= 0.3 is 0 Å². The van der Waals surface area contributed by atoms with E-state index in [1.165, 1.54) is 43.8 Å². The third-order valence-electron chi connectivity index (χ3n) is 7.06. The summed E-state index contributed by atoms with van der Waals surface area (Å²) in [6.07, 6.45) is 0. The van der Waals surface area contributed by atoms with E-state index in [4.69, 9.17) is 0 Å². The molecule has 32 heavy (non-hydrogen) atoms. The number of hydrogen-bond acceptors (Lipinski definition) is 0. The Morgan fingerprint density at radius 1 is 0.688 bits per heavy atom. The zero-order valence-corrected chi connectivity index (χ0v) is 22.4. The minimum absolute atomic E-state index is 0.467. The first kappa shape index (κ1) is 23.0. The number of rotatable bonds is 5. The van der Waals surface area contributed by atoms with Crippen LogP contribution in [0.1, 0.15) is 33.3 Å². The third kappa shape index (κ3) is 4.21. The summed E-state index contributed by atoms with van der Waals surface area (Å²) < 4.78 is 0. The van der Waals surface area contributed by atoms with E-state index in [1.807, 2.05) is 0 Å². The molecular weight excluding hydrogens is 419 g/mol. The van der Waals surface area contributed by atoms with Gasteiger partial charge in [-0.15, -0.1) is 0 Å². The van der Waals surface area contributed by atoms with Crippen LogP contribution in [0.2, 0.25) is 19.6 Å². The molecule has 0 nitrogen and oxygen atoms in total. The highest BCUT2D eigenvalue weighted by Gasteiger charge is 2.30. The van der Waals surface area contributed by atoms with Crippen LogP contribution in [0.4, 0.5) is 0 Å². The molecule has 0 saturated carbocycles. The zero-order valence-electron chi connectivity index (χ0n) is 20.5. The fourth-order valence-electron chi connectivity index (χ4n) is 4.79. The summed E-state index contributed by atoms with van der Waals surface area (Å²) in [4.78, 5) is 0. The van der Waals surface area contributed by atoms with Crippen LogP contribution < -0.4 is 21.1 Å². The van der Waals surface area contributed by atoms with Crippen molar-refractivity contribution in [1.29, 1.82) is 0 Å². The second-order valence-electron chi connectivity index (χ2n) is 10.1. The average molecular weight is 455 g/mol. The second kappa shape index (κ2) is 8.97. The topological polar surface area (TPSA) is 0 Å². The van der Waals surface area contributed by atoms with Crippen molar-refractivity contribution in [3.8, 4) is 0 Å². The van der Waals surface area contributed by atoms with E-state index in [9.17, 15) is 0 Å². The lowest BCUT2D eigenvalue weighted by Crippen LogP contribution is -2.40. The molecule has 164 valence electrons. The van der Waals surface area contributed by atoms with Crippen LogP contribution in [0, 0.1) is 5.92 Å². The highest BCUT2D eigenvalue weighted by molar-refractivity contribution is 7.80. The monoisotopic (exact) mass is 454 g/mol. The molecule has 0 spiro atoms. The molecule has 2 heteroatoms. The maximum absolute atomic E-state index is 2.57. The van der Waals surface area contributed by atoms with Crippen LogP contribution in [-0.2, 0) is 0 Å². The first-order chi connectivity index (χ1) is 15.2. The van der Waals surface area contributed by atoms with Gasteiger partial charge < -0.3 is 0 Å². The lowest BCUT2D eigenvalue weighted by atomic mass is 9.92. The lowest BCUT2D eigenvalue weighted by molar-refractivity contribution is 0.896. The standard InChI is InChI=1S/C30H35PSi/c1-21-22(2)24(4)30(23(21)3)28-19-18-27(32(5,6)7)20-29(28)31(25-14-10-8-11-15-25)26-16-12-9-13-17-26/h8-20,23H,1-7H3. The van der Waals surface area contributed by atoms with E-state index in [0.29, 0.717) is 5.92 Å². The molecule has 1 atom stereocenters. The molecule has 3 aromatic rings. The largest absolute Gasteiger partial charge is 0.0776 e. The molecule has 4 rings (SSSR count). The summed E-state index contributed by atoms with van der Waals surface area (Å²) in [6, 6.07) is 29.7. The van der Waals surface area contributed by atoms with Gasteiger partial charge in [-0.2, -0.15) is 0 Å². The van der Waals surface area contributed by atoms with Crippen molar-refractivity contribution >= 4 is 42.7 Å². The van der Waals surface area contributed by atoms with Gasteiger partial charge in [-0.3, -0.25) is 0 Å². The van der Waals surface area contributed by atoms with Crippen LogP contribution >= 0.6 is 7.92 Å². The van der Waals surface area contributed by atoms with E-state index in [1.54, 1.807) is 5.19 Å². The van der Waals surface area contributed by atoms with Crippen molar-refractivity contribution in [2.75, 3.05) is 0 Å². The molecule has 0 saturated heterocycles. The van der Waals surface area contributed by atoms with Crippen LogP contribution in [0.5, 0.6) is 0 Å². The maximum atomic E-state index is 2.57. The lowest BCUT2D eigenvalue weighted by Gasteiger charge is -2.27. The smallest absolute Gasteiger partial charge is 0.0656 e. The van der Waals surface area contributed by atoms with Gasteiger partial charge in [0.2, 0.25) is 0 Å². The van der Waals surface area contributed by atoms with Crippen molar-refractivity contribution in [3.05, 3.63) is 101 Å². The van der Waals surface area contributed by atoms with Gasteiger partial charge in [-0.1, -0.05) is 116 Å². The Balaban J connectivity index is 2.02. The number of benzene rings is 3. The first-order valence-corrected chi connectivity index (χ1v) is 16.5. The van der Waals surface area contributed by atoms with E-state index < -0.39 is 16.0 Å². The van der Waals surface area contributed by atoms with E-state index in [0.717, 1.165) is 0 Å². The van der Waals surface area contributed by atoms with Gasteiger partial charge in [0.15, 0.2) is 0 Å². The molecule has 0 aromatic heterocycles. The van der Waals surface area contributed by atoms with E-state index >= 15 is 0 Å². The summed E-state index contributed by atoms with van der Waals surface area (Å²) in [5.41, 5.74) is 7.43. The first-order valence-electron chi connectivity index (χ1n) is 11.6. The normalized spacial score (nSPS) is 16.9. The van der Waals surface area contributed by atoms with Crippen LogP contribution in [0.25, 0.3) is 5.57 Å². The molecule has 0 amide bonds. The number of hydrogen-bond donors (Lipinski definition) is 0. The zero-order chi connectivity index (χ0) is 23.0. The Morgan fingerprint density at radius 3 is 1.66 bits per heavy atom. The van der Waals surface area contributed by atoms with Gasteiger partial charge in [0, 0.05) is 5.92 Å². The van der Waals surface area contributed by atoms with Crippen molar-refractivity contribution in [2.45, 2.75) is 47.3 Å². The molecule has 0 aliphatic heterocycles. The van der Waals surface area contributed by atoms with Crippen molar-refractivity contribution in [1.82, 2.24) is 0 Å². The summed E-state index contributed by atoms with van der Waals surface area (Å²) in [6.45, 7) is 16.7. The Labute approximate surface area is 196 Å². The summed E-state index contributed by atoms with van der Waals surface area (Å²) in [5.74, 6) is 0.467.